The van der Waals surface area contributed by atoms with E-state index in [0.29, 0.717) is 0 Å². The molecule has 7 heteroatoms. The molecule has 6 nitrogen and oxygen atoms in total. The SMILES string of the molecule is Cc1csc(-c2ccc3ncnc(Nc4ccc(-n5cncn5)cc4)c3c2)c1. The summed E-state index contributed by atoms with van der Waals surface area (Å²) in [6.07, 6.45) is 4.78. The first-order chi connectivity index (χ1) is 13.8. The largest absolute Gasteiger partial charge is 0.340 e. The summed E-state index contributed by atoms with van der Waals surface area (Å²) in [5.41, 5.74) is 5.25. The average molecular weight is 384 g/mol. The minimum atomic E-state index is 0.786. The van der Waals surface area contributed by atoms with Crippen LogP contribution in [-0.2, 0) is 0 Å². The van der Waals surface area contributed by atoms with Gasteiger partial charge in [0.2, 0.25) is 0 Å². The quantitative estimate of drug-likeness (QED) is 0.473. The fourth-order valence-corrected chi connectivity index (χ4v) is 3.97. The third-order valence-corrected chi connectivity index (χ3v) is 5.56. The highest BCUT2D eigenvalue weighted by Crippen LogP contribution is 2.31. The molecule has 1 N–H and O–H groups in total. The van der Waals surface area contributed by atoms with Crippen molar-refractivity contribution in [3.8, 4) is 16.1 Å². The normalized spacial score (nSPS) is 11.0. The molecule has 28 heavy (non-hydrogen) atoms. The predicted molar refractivity (Wildman–Crippen MR) is 112 cm³/mol. The Morgan fingerprint density at radius 3 is 2.61 bits per heavy atom. The highest BCUT2D eigenvalue weighted by Gasteiger charge is 2.08. The Hall–Kier alpha value is -3.58. The maximum Gasteiger partial charge on any atom is 0.141 e. The number of fused-ring (bicyclic) bond motifs is 1. The lowest BCUT2D eigenvalue weighted by atomic mass is 10.1. The van der Waals surface area contributed by atoms with E-state index in [4.69, 9.17) is 0 Å². The zero-order valence-electron chi connectivity index (χ0n) is 15.1. The smallest absolute Gasteiger partial charge is 0.141 e. The molecule has 0 radical (unpaired) electrons. The molecule has 3 heterocycles. The minimum absolute atomic E-state index is 0.786. The number of nitrogens with one attached hydrogen (secondary N) is 1. The van der Waals surface area contributed by atoms with Gasteiger partial charge in [-0.1, -0.05) is 6.07 Å². The molecule has 0 atom stereocenters. The van der Waals surface area contributed by atoms with Crippen molar-refractivity contribution in [1.29, 1.82) is 0 Å². The van der Waals surface area contributed by atoms with E-state index >= 15 is 0 Å². The van der Waals surface area contributed by atoms with Crippen molar-refractivity contribution in [2.45, 2.75) is 6.92 Å². The van der Waals surface area contributed by atoms with Crippen molar-refractivity contribution in [2.24, 2.45) is 0 Å². The molecule has 3 aromatic heterocycles. The van der Waals surface area contributed by atoms with Crippen molar-refractivity contribution in [2.75, 3.05) is 5.32 Å². The number of aryl methyl sites for hydroxylation is 1. The Morgan fingerprint density at radius 1 is 0.964 bits per heavy atom. The van der Waals surface area contributed by atoms with E-state index < -0.39 is 0 Å². The van der Waals surface area contributed by atoms with Gasteiger partial charge in [0.15, 0.2) is 0 Å². The molecule has 136 valence electrons. The van der Waals surface area contributed by atoms with Crippen LogP contribution in [0.1, 0.15) is 5.56 Å². The van der Waals surface area contributed by atoms with Crippen LogP contribution >= 0.6 is 11.3 Å². The molecular weight excluding hydrogens is 368 g/mol. The van der Waals surface area contributed by atoms with Gasteiger partial charge in [-0.3, -0.25) is 0 Å². The average Bonchev–Trinajstić information content (AvgIpc) is 3.41. The van der Waals surface area contributed by atoms with Crippen LogP contribution < -0.4 is 5.32 Å². The van der Waals surface area contributed by atoms with E-state index in [2.05, 4.69) is 55.9 Å². The van der Waals surface area contributed by atoms with Crippen molar-refractivity contribution < 1.29 is 0 Å². The van der Waals surface area contributed by atoms with Crippen molar-refractivity contribution in [3.63, 3.8) is 0 Å². The lowest BCUT2D eigenvalue weighted by Gasteiger charge is -2.10. The topological polar surface area (TPSA) is 68.5 Å². The highest BCUT2D eigenvalue weighted by atomic mass is 32.1. The molecule has 0 saturated carbocycles. The second kappa shape index (κ2) is 6.86. The number of thiophene rings is 1. The first-order valence-corrected chi connectivity index (χ1v) is 9.66. The summed E-state index contributed by atoms with van der Waals surface area (Å²) in [5.74, 6) is 0.786. The second-order valence-corrected chi connectivity index (χ2v) is 7.37. The summed E-state index contributed by atoms with van der Waals surface area (Å²) in [6, 6.07) is 16.5. The number of hydrogen-bond acceptors (Lipinski definition) is 6. The zero-order valence-corrected chi connectivity index (χ0v) is 15.9. The molecule has 5 rings (SSSR count). The van der Waals surface area contributed by atoms with Crippen LogP contribution in [0.2, 0.25) is 0 Å². The molecule has 0 fully saturated rings. The summed E-state index contributed by atoms with van der Waals surface area (Å²) in [7, 11) is 0. The number of rotatable bonds is 4. The van der Waals surface area contributed by atoms with Crippen LogP contribution in [-0.4, -0.2) is 24.7 Å². The minimum Gasteiger partial charge on any atom is -0.340 e. The van der Waals surface area contributed by atoms with Crippen LogP contribution in [0.15, 0.2) is 72.9 Å². The molecular formula is C21H16N6S. The van der Waals surface area contributed by atoms with Crippen LogP contribution in [0.4, 0.5) is 11.5 Å². The van der Waals surface area contributed by atoms with Crippen LogP contribution in [0.5, 0.6) is 0 Å². The first kappa shape index (κ1) is 16.6. The third-order valence-electron chi connectivity index (χ3n) is 4.46. The van der Waals surface area contributed by atoms with Gasteiger partial charge in [-0.2, -0.15) is 5.10 Å². The van der Waals surface area contributed by atoms with Gasteiger partial charge in [0.05, 0.1) is 11.2 Å². The summed E-state index contributed by atoms with van der Waals surface area (Å²) in [5, 5.41) is 10.7. The van der Waals surface area contributed by atoms with Crippen molar-refractivity contribution >= 4 is 33.7 Å². The monoisotopic (exact) mass is 384 g/mol. The van der Waals surface area contributed by atoms with Gasteiger partial charge < -0.3 is 5.32 Å². The molecule has 0 unspecified atom stereocenters. The molecule has 0 aliphatic heterocycles. The maximum absolute atomic E-state index is 4.47. The summed E-state index contributed by atoms with van der Waals surface area (Å²) >= 11 is 1.75. The van der Waals surface area contributed by atoms with E-state index in [1.807, 2.05) is 30.3 Å². The molecule has 0 aliphatic carbocycles. The lowest BCUT2D eigenvalue weighted by molar-refractivity contribution is 0.879. The van der Waals surface area contributed by atoms with Gasteiger partial charge in [0, 0.05) is 16.0 Å². The summed E-state index contributed by atoms with van der Waals surface area (Å²) in [4.78, 5) is 14.1. The lowest BCUT2D eigenvalue weighted by Crippen LogP contribution is -1.98. The molecule has 5 aromatic rings. The Kier molecular flexibility index (Phi) is 4.06. The fraction of sp³-hybridized carbons (Fsp3) is 0.0476. The summed E-state index contributed by atoms with van der Waals surface area (Å²) < 4.78 is 1.72. The van der Waals surface area contributed by atoms with E-state index in [9.17, 15) is 0 Å². The Balaban J connectivity index is 1.50. The van der Waals surface area contributed by atoms with Gasteiger partial charge in [-0.05, 0) is 65.9 Å². The maximum atomic E-state index is 4.47. The number of hydrogen-bond donors (Lipinski definition) is 1. The van der Waals surface area contributed by atoms with Crippen LogP contribution in [0.3, 0.4) is 0 Å². The second-order valence-electron chi connectivity index (χ2n) is 6.45. The van der Waals surface area contributed by atoms with E-state index in [1.165, 1.54) is 22.3 Å². The summed E-state index contributed by atoms with van der Waals surface area (Å²) in [6.45, 7) is 2.11. The van der Waals surface area contributed by atoms with Crippen LogP contribution in [0, 0.1) is 6.92 Å². The first-order valence-electron chi connectivity index (χ1n) is 8.79. The van der Waals surface area contributed by atoms with E-state index in [1.54, 1.807) is 28.7 Å². The number of nitrogens with zero attached hydrogens (tertiary/aromatic N) is 5. The Labute approximate surface area is 165 Å². The van der Waals surface area contributed by atoms with Crippen molar-refractivity contribution in [1.82, 2.24) is 24.7 Å². The van der Waals surface area contributed by atoms with Gasteiger partial charge >= 0.3 is 0 Å². The number of anilines is 2. The third kappa shape index (κ3) is 3.12. The molecule has 0 aliphatic rings. The standard InChI is InChI=1S/C21H16N6S/c1-14-8-20(28-10-14)15-2-7-19-18(9-15)21(24-12-23-19)26-16-3-5-17(6-4-16)27-13-22-11-25-27/h2-13H,1H3,(H,23,24,26). The zero-order chi connectivity index (χ0) is 18.9. The van der Waals surface area contributed by atoms with Gasteiger partial charge in [-0.25, -0.2) is 19.6 Å². The van der Waals surface area contributed by atoms with Gasteiger partial charge in [0.25, 0.3) is 0 Å². The Morgan fingerprint density at radius 2 is 1.86 bits per heavy atom. The highest BCUT2D eigenvalue weighted by molar-refractivity contribution is 7.13. The molecule has 0 bridgehead atoms. The number of aromatic nitrogens is 5. The number of benzene rings is 2. The fourth-order valence-electron chi connectivity index (χ4n) is 3.07. The molecule has 2 aromatic carbocycles. The molecule has 0 saturated heterocycles. The molecule has 0 spiro atoms. The van der Waals surface area contributed by atoms with E-state index in [-0.39, 0.29) is 0 Å². The van der Waals surface area contributed by atoms with Gasteiger partial charge in [-0.15, -0.1) is 11.3 Å². The van der Waals surface area contributed by atoms with Gasteiger partial charge in [0.1, 0.15) is 24.8 Å². The van der Waals surface area contributed by atoms with E-state index in [0.717, 1.165) is 28.1 Å². The van der Waals surface area contributed by atoms with Crippen LogP contribution in [0.25, 0.3) is 27.0 Å². The molecule has 0 amide bonds. The van der Waals surface area contributed by atoms with Crippen molar-refractivity contribution in [3.05, 3.63) is 78.5 Å². The predicted octanol–water partition coefficient (Wildman–Crippen LogP) is 4.99. The Bertz CT molecular complexity index is 1240.